The van der Waals surface area contributed by atoms with E-state index < -0.39 is 0 Å². The molecule has 2 amide bonds. The number of nitrogens with zero attached hydrogens (tertiary/aromatic N) is 1. The molecule has 0 aromatic heterocycles. The van der Waals surface area contributed by atoms with Gasteiger partial charge in [-0.15, -0.1) is 6.58 Å². The topological polar surface area (TPSA) is 49.4 Å². The summed E-state index contributed by atoms with van der Waals surface area (Å²) in [6.07, 6.45) is 7.84. The van der Waals surface area contributed by atoms with Gasteiger partial charge in [0.05, 0.1) is 0 Å². The van der Waals surface area contributed by atoms with Crippen LogP contribution in [0, 0.1) is 0 Å². The number of carbonyl (C=O) groups is 2. The molecule has 1 aliphatic carbocycles. The van der Waals surface area contributed by atoms with Gasteiger partial charge in [-0.05, 0) is 12.8 Å². The van der Waals surface area contributed by atoms with Gasteiger partial charge in [0.15, 0.2) is 0 Å². The molecule has 4 nitrogen and oxygen atoms in total. The normalized spacial score (nSPS) is 16.1. The third kappa shape index (κ3) is 4.90. The largest absolute Gasteiger partial charge is 0.353 e. The van der Waals surface area contributed by atoms with Gasteiger partial charge in [0.25, 0.3) is 0 Å². The highest BCUT2D eigenvalue weighted by Crippen LogP contribution is 2.22. The number of hydrogen-bond acceptors (Lipinski definition) is 2. The van der Waals surface area contributed by atoms with E-state index in [1.807, 2.05) is 4.90 Å². The zero-order valence-corrected chi connectivity index (χ0v) is 11.3. The predicted octanol–water partition coefficient (Wildman–Crippen LogP) is 1.86. The van der Waals surface area contributed by atoms with E-state index in [1.54, 1.807) is 13.0 Å². The Balaban J connectivity index is 2.40. The minimum atomic E-state index is -0.0167. The molecule has 1 N–H and O–H groups in total. The van der Waals surface area contributed by atoms with E-state index in [0.717, 1.165) is 12.8 Å². The monoisotopic (exact) mass is 252 g/mol. The first-order valence-corrected chi connectivity index (χ1v) is 6.80. The molecule has 0 radical (unpaired) electrons. The minimum Gasteiger partial charge on any atom is -0.353 e. The van der Waals surface area contributed by atoms with Crippen molar-refractivity contribution in [2.24, 2.45) is 0 Å². The standard InChI is InChI=1S/C14H24N2O2/c1-3-10-15-14(18)9-11-16(12(2)17)13-7-5-4-6-8-13/h3,13H,1,4-11H2,2H3,(H,15,18). The van der Waals surface area contributed by atoms with Crippen molar-refractivity contribution in [3.8, 4) is 0 Å². The summed E-state index contributed by atoms with van der Waals surface area (Å²) in [5.74, 6) is 0.0652. The molecule has 0 unspecified atom stereocenters. The maximum atomic E-state index is 11.6. The van der Waals surface area contributed by atoms with Gasteiger partial charge in [-0.3, -0.25) is 9.59 Å². The first-order chi connectivity index (χ1) is 8.65. The van der Waals surface area contributed by atoms with Crippen LogP contribution >= 0.6 is 0 Å². The number of rotatable bonds is 6. The second kappa shape index (κ2) is 7.90. The molecule has 1 fully saturated rings. The fraction of sp³-hybridized carbons (Fsp3) is 0.714. The van der Waals surface area contributed by atoms with E-state index in [-0.39, 0.29) is 11.8 Å². The van der Waals surface area contributed by atoms with Crippen LogP contribution in [0.25, 0.3) is 0 Å². The summed E-state index contributed by atoms with van der Waals surface area (Å²) in [5.41, 5.74) is 0. The zero-order valence-electron chi connectivity index (χ0n) is 11.3. The van der Waals surface area contributed by atoms with E-state index in [1.165, 1.54) is 19.3 Å². The number of hydrogen-bond donors (Lipinski definition) is 1. The van der Waals surface area contributed by atoms with Crippen molar-refractivity contribution in [2.75, 3.05) is 13.1 Å². The van der Waals surface area contributed by atoms with Crippen LogP contribution in [0.5, 0.6) is 0 Å². The van der Waals surface area contributed by atoms with E-state index >= 15 is 0 Å². The fourth-order valence-electron chi connectivity index (χ4n) is 2.49. The van der Waals surface area contributed by atoms with Gasteiger partial charge in [-0.2, -0.15) is 0 Å². The van der Waals surface area contributed by atoms with Crippen molar-refractivity contribution in [1.82, 2.24) is 10.2 Å². The SMILES string of the molecule is C=CCNC(=O)CCN(C(C)=O)C1CCCCC1. The molecule has 1 rings (SSSR count). The van der Waals surface area contributed by atoms with Gasteiger partial charge in [0.1, 0.15) is 0 Å². The van der Waals surface area contributed by atoms with Crippen molar-refractivity contribution in [3.05, 3.63) is 12.7 Å². The Morgan fingerprint density at radius 2 is 2.00 bits per heavy atom. The fourth-order valence-corrected chi connectivity index (χ4v) is 2.49. The van der Waals surface area contributed by atoms with Gasteiger partial charge >= 0.3 is 0 Å². The van der Waals surface area contributed by atoms with Crippen molar-refractivity contribution in [2.45, 2.75) is 51.5 Å². The number of nitrogens with one attached hydrogen (secondary N) is 1. The lowest BCUT2D eigenvalue weighted by molar-refractivity contribution is -0.132. The van der Waals surface area contributed by atoms with Crippen LogP contribution in [0.3, 0.4) is 0 Å². The number of amides is 2. The molecule has 0 atom stereocenters. The third-order valence-electron chi connectivity index (χ3n) is 3.44. The lowest BCUT2D eigenvalue weighted by Crippen LogP contribution is -2.42. The summed E-state index contributed by atoms with van der Waals surface area (Å²) in [4.78, 5) is 25.0. The van der Waals surface area contributed by atoms with Gasteiger partial charge in [0, 0.05) is 32.5 Å². The van der Waals surface area contributed by atoms with E-state index in [4.69, 9.17) is 0 Å². The molecule has 18 heavy (non-hydrogen) atoms. The minimum absolute atomic E-state index is 0.0167. The van der Waals surface area contributed by atoms with E-state index in [0.29, 0.717) is 25.6 Å². The summed E-state index contributed by atoms with van der Waals surface area (Å²) in [7, 11) is 0. The Labute approximate surface area is 109 Å². The maximum Gasteiger partial charge on any atom is 0.222 e. The van der Waals surface area contributed by atoms with Crippen molar-refractivity contribution < 1.29 is 9.59 Å². The second-order valence-corrected chi connectivity index (χ2v) is 4.85. The third-order valence-corrected chi connectivity index (χ3v) is 3.44. The van der Waals surface area contributed by atoms with E-state index in [9.17, 15) is 9.59 Å². The average Bonchev–Trinajstić information content (AvgIpc) is 2.37. The summed E-state index contributed by atoms with van der Waals surface area (Å²) in [6.45, 7) is 6.16. The van der Waals surface area contributed by atoms with Gasteiger partial charge in [-0.25, -0.2) is 0 Å². The summed E-state index contributed by atoms with van der Waals surface area (Å²) < 4.78 is 0. The van der Waals surface area contributed by atoms with Crippen LogP contribution in [0.4, 0.5) is 0 Å². The molecule has 1 aliphatic rings. The molecule has 0 heterocycles. The summed E-state index contributed by atoms with van der Waals surface area (Å²) >= 11 is 0. The Morgan fingerprint density at radius 3 is 2.56 bits per heavy atom. The highest BCUT2D eigenvalue weighted by Gasteiger charge is 2.23. The first-order valence-electron chi connectivity index (χ1n) is 6.80. The lowest BCUT2D eigenvalue weighted by Gasteiger charge is -2.33. The molecule has 0 saturated heterocycles. The highest BCUT2D eigenvalue weighted by molar-refractivity contribution is 5.78. The molecule has 0 aromatic carbocycles. The van der Waals surface area contributed by atoms with Crippen LogP contribution in [0.1, 0.15) is 45.4 Å². The lowest BCUT2D eigenvalue weighted by atomic mass is 9.94. The molecule has 0 aromatic rings. The Morgan fingerprint density at radius 1 is 1.33 bits per heavy atom. The molecule has 1 saturated carbocycles. The van der Waals surface area contributed by atoms with Gasteiger partial charge in [-0.1, -0.05) is 25.3 Å². The molecular formula is C14H24N2O2. The average molecular weight is 252 g/mol. The molecule has 102 valence electrons. The van der Waals surface area contributed by atoms with Crippen LogP contribution in [-0.4, -0.2) is 35.8 Å². The second-order valence-electron chi connectivity index (χ2n) is 4.85. The van der Waals surface area contributed by atoms with Gasteiger partial charge in [0.2, 0.25) is 11.8 Å². The first kappa shape index (κ1) is 14.7. The van der Waals surface area contributed by atoms with Crippen molar-refractivity contribution in [3.63, 3.8) is 0 Å². The molecular weight excluding hydrogens is 228 g/mol. The predicted molar refractivity (Wildman–Crippen MR) is 72.1 cm³/mol. The Hall–Kier alpha value is -1.32. The Bertz CT molecular complexity index is 296. The van der Waals surface area contributed by atoms with Crippen molar-refractivity contribution >= 4 is 11.8 Å². The van der Waals surface area contributed by atoms with Gasteiger partial charge < -0.3 is 10.2 Å². The molecule has 0 spiro atoms. The summed E-state index contributed by atoms with van der Waals surface area (Å²) in [6, 6.07) is 0.337. The Kier molecular flexibility index (Phi) is 6.47. The molecule has 0 bridgehead atoms. The molecule has 4 heteroatoms. The van der Waals surface area contributed by atoms with E-state index in [2.05, 4.69) is 11.9 Å². The van der Waals surface area contributed by atoms with Crippen LogP contribution in [-0.2, 0) is 9.59 Å². The molecule has 0 aliphatic heterocycles. The smallest absolute Gasteiger partial charge is 0.222 e. The maximum absolute atomic E-state index is 11.6. The number of carbonyl (C=O) groups excluding carboxylic acids is 2. The summed E-state index contributed by atoms with van der Waals surface area (Å²) in [5, 5.41) is 2.73. The quantitative estimate of drug-likeness (QED) is 0.734. The van der Waals surface area contributed by atoms with Crippen molar-refractivity contribution in [1.29, 1.82) is 0 Å². The zero-order chi connectivity index (χ0) is 13.4. The highest BCUT2D eigenvalue weighted by atomic mass is 16.2. The van der Waals surface area contributed by atoms with Crippen LogP contribution in [0.15, 0.2) is 12.7 Å². The van der Waals surface area contributed by atoms with Crippen LogP contribution in [0.2, 0.25) is 0 Å². The van der Waals surface area contributed by atoms with Crippen LogP contribution < -0.4 is 5.32 Å².